The molecular weight excluding hydrogens is 274 g/mol. The maximum Gasteiger partial charge on any atom is 0.312 e. The number of anilines is 1. The number of nitrogens with zero attached hydrogens (tertiary/aromatic N) is 2. The Morgan fingerprint density at radius 1 is 1.42 bits per heavy atom. The third-order valence-corrected chi connectivity index (χ3v) is 2.99. The van der Waals surface area contributed by atoms with Gasteiger partial charge in [0.05, 0.1) is 35.1 Å². The number of aryl methyl sites for hydroxylation is 1. The van der Waals surface area contributed by atoms with Crippen LogP contribution in [0.25, 0.3) is 0 Å². The fraction of sp³-hybridized carbons (Fsp3) is 0.545. The third-order valence-electron chi connectivity index (χ3n) is 2.72. The molecule has 0 unspecified atom stereocenters. The van der Waals surface area contributed by atoms with E-state index in [1.165, 1.54) is 14.2 Å². The first-order valence-electron chi connectivity index (χ1n) is 5.51. The van der Waals surface area contributed by atoms with Gasteiger partial charge in [-0.1, -0.05) is 11.6 Å². The summed E-state index contributed by atoms with van der Waals surface area (Å²) in [5, 5.41) is 11.0. The molecule has 1 aromatic rings. The molecule has 1 rings (SSSR count). The van der Waals surface area contributed by atoms with E-state index in [1.54, 1.807) is 6.92 Å². The van der Waals surface area contributed by atoms with Gasteiger partial charge in [0.15, 0.2) is 0 Å². The Balaban J connectivity index is 3.47. The molecule has 1 aromatic heterocycles. The monoisotopic (exact) mass is 289 g/mol. The molecule has 0 bridgehead atoms. The summed E-state index contributed by atoms with van der Waals surface area (Å²) >= 11 is 5.86. The zero-order valence-electron chi connectivity index (χ0n) is 11.0. The van der Waals surface area contributed by atoms with Crippen LogP contribution < -0.4 is 5.73 Å². The van der Waals surface area contributed by atoms with Crippen LogP contribution in [-0.4, -0.2) is 37.3 Å². The molecule has 2 N–H and O–H groups in total. The van der Waals surface area contributed by atoms with Gasteiger partial charge in [-0.3, -0.25) is 10.1 Å². The molecule has 0 amide bonds. The van der Waals surface area contributed by atoms with Gasteiger partial charge in [0.1, 0.15) is 0 Å². The first-order valence-corrected chi connectivity index (χ1v) is 5.89. The summed E-state index contributed by atoms with van der Waals surface area (Å²) in [6.07, 6.45) is 0. The lowest BCUT2D eigenvalue weighted by molar-refractivity contribution is -0.385. The first kappa shape index (κ1) is 15.6. The number of nitrogen functional groups attached to an aromatic ring is 1. The van der Waals surface area contributed by atoms with Crippen molar-refractivity contribution in [2.75, 3.05) is 33.2 Å². The topological polar surface area (TPSA) is 101 Å². The maximum atomic E-state index is 11.2. The Kier molecular flexibility index (Phi) is 5.46. The molecule has 0 spiro atoms. The molecule has 0 aliphatic heterocycles. The third kappa shape index (κ3) is 3.31. The molecule has 1 heterocycles. The van der Waals surface area contributed by atoms with E-state index in [9.17, 15) is 10.1 Å². The minimum absolute atomic E-state index is 0.177. The molecule has 0 aromatic carbocycles. The second kappa shape index (κ2) is 6.65. The summed E-state index contributed by atoms with van der Waals surface area (Å²) in [6, 6.07) is 0. The second-order valence-electron chi connectivity index (χ2n) is 4.03. The van der Waals surface area contributed by atoms with E-state index >= 15 is 0 Å². The van der Waals surface area contributed by atoms with E-state index in [0.29, 0.717) is 11.3 Å². The van der Waals surface area contributed by atoms with Crippen molar-refractivity contribution in [3.63, 3.8) is 0 Å². The number of rotatable bonds is 6. The van der Waals surface area contributed by atoms with Crippen molar-refractivity contribution in [1.82, 2.24) is 4.98 Å². The van der Waals surface area contributed by atoms with Crippen molar-refractivity contribution in [2.45, 2.75) is 12.8 Å². The van der Waals surface area contributed by atoms with Crippen molar-refractivity contribution < 1.29 is 14.4 Å². The molecule has 7 nitrogen and oxygen atoms in total. The standard InChI is InChI=1S/C11H16ClN3O4/c1-6-9(13)8(7(4-18-2)5-19-3)10(15(16)17)11(12)14-6/h7H,4-5,13H2,1-3H3. The highest BCUT2D eigenvalue weighted by atomic mass is 35.5. The number of pyridine rings is 1. The van der Waals surface area contributed by atoms with Gasteiger partial charge in [0.25, 0.3) is 0 Å². The number of nitrogens with two attached hydrogens (primary N) is 1. The summed E-state index contributed by atoms with van der Waals surface area (Å²) in [6.45, 7) is 2.11. The number of halogens is 1. The van der Waals surface area contributed by atoms with Crippen LogP contribution in [-0.2, 0) is 9.47 Å². The number of ether oxygens (including phenoxy) is 2. The smallest absolute Gasteiger partial charge is 0.312 e. The summed E-state index contributed by atoms with van der Waals surface area (Å²) < 4.78 is 10.1. The Morgan fingerprint density at radius 3 is 2.37 bits per heavy atom. The highest BCUT2D eigenvalue weighted by Crippen LogP contribution is 2.38. The molecule has 0 radical (unpaired) electrons. The highest BCUT2D eigenvalue weighted by molar-refractivity contribution is 6.31. The van der Waals surface area contributed by atoms with Crippen LogP contribution in [0.5, 0.6) is 0 Å². The zero-order valence-corrected chi connectivity index (χ0v) is 11.7. The van der Waals surface area contributed by atoms with Crippen molar-refractivity contribution in [3.05, 3.63) is 26.5 Å². The van der Waals surface area contributed by atoms with Crippen molar-refractivity contribution in [1.29, 1.82) is 0 Å². The molecule has 0 saturated carbocycles. The second-order valence-corrected chi connectivity index (χ2v) is 4.39. The van der Waals surface area contributed by atoms with E-state index < -0.39 is 4.92 Å². The van der Waals surface area contributed by atoms with E-state index in [0.717, 1.165) is 0 Å². The van der Waals surface area contributed by atoms with Crippen LogP contribution in [0.3, 0.4) is 0 Å². The Morgan fingerprint density at radius 2 is 1.95 bits per heavy atom. The number of aromatic nitrogens is 1. The average molecular weight is 290 g/mol. The summed E-state index contributed by atoms with van der Waals surface area (Å²) in [5.41, 5.74) is 6.63. The van der Waals surface area contributed by atoms with E-state index in [4.69, 9.17) is 26.8 Å². The Labute approximate surface area is 115 Å². The minimum Gasteiger partial charge on any atom is -0.397 e. The van der Waals surface area contributed by atoms with Crippen molar-refractivity contribution >= 4 is 23.0 Å². The van der Waals surface area contributed by atoms with Gasteiger partial charge in [0.2, 0.25) is 5.15 Å². The van der Waals surface area contributed by atoms with Crippen molar-refractivity contribution in [2.24, 2.45) is 0 Å². The molecule has 0 aliphatic carbocycles. The SMILES string of the molecule is COCC(COC)c1c(N)c(C)nc(Cl)c1[N+](=O)[O-]. The predicted molar refractivity (Wildman–Crippen MR) is 71.5 cm³/mol. The normalized spacial score (nSPS) is 11.0. The molecule has 0 atom stereocenters. The van der Waals surface area contributed by atoms with Crippen LogP contribution in [0, 0.1) is 17.0 Å². The number of methoxy groups -OCH3 is 2. The van der Waals surface area contributed by atoms with Gasteiger partial charge >= 0.3 is 5.69 Å². The first-order chi connectivity index (χ1) is 8.93. The molecule has 0 fully saturated rings. The fourth-order valence-electron chi connectivity index (χ4n) is 1.90. The molecule has 0 saturated heterocycles. The molecule has 8 heteroatoms. The van der Waals surface area contributed by atoms with Crippen molar-refractivity contribution in [3.8, 4) is 0 Å². The van der Waals surface area contributed by atoms with E-state index in [2.05, 4.69) is 4.98 Å². The molecular formula is C11H16ClN3O4. The van der Waals surface area contributed by atoms with Gasteiger partial charge in [-0.2, -0.15) is 0 Å². The predicted octanol–water partition coefficient (Wildman–Crippen LogP) is 1.91. The van der Waals surface area contributed by atoms with Crippen LogP contribution in [0.1, 0.15) is 17.2 Å². The maximum absolute atomic E-state index is 11.2. The lowest BCUT2D eigenvalue weighted by Crippen LogP contribution is -2.17. The molecule has 106 valence electrons. The van der Waals surface area contributed by atoms with Gasteiger partial charge in [-0.15, -0.1) is 0 Å². The van der Waals surface area contributed by atoms with E-state index in [-0.39, 0.29) is 35.7 Å². The number of hydrogen-bond acceptors (Lipinski definition) is 6. The molecule has 0 aliphatic rings. The summed E-state index contributed by atoms with van der Waals surface area (Å²) in [7, 11) is 3.00. The van der Waals surface area contributed by atoms with Crippen LogP contribution >= 0.6 is 11.6 Å². The molecule has 19 heavy (non-hydrogen) atoms. The Bertz CT molecular complexity index is 475. The van der Waals surface area contributed by atoms with Gasteiger partial charge < -0.3 is 15.2 Å². The zero-order chi connectivity index (χ0) is 14.6. The quantitative estimate of drug-likeness (QED) is 0.488. The number of nitro groups is 1. The largest absolute Gasteiger partial charge is 0.397 e. The van der Waals surface area contributed by atoms with Gasteiger partial charge in [-0.25, -0.2) is 4.98 Å². The van der Waals surface area contributed by atoms with Crippen LogP contribution in [0.2, 0.25) is 5.15 Å². The lowest BCUT2D eigenvalue weighted by atomic mass is 9.97. The fourth-order valence-corrected chi connectivity index (χ4v) is 2.20. The van der Waals surface area contributed by atoms with Gasteiger partial charge in [-0.05, 0) is 6.92 Å². The van der Waals surface area contributed by atoms with E-state index in [1.807, 2.05) is 0 Å². The van der Waals surface area contributed by atoms with Gasteiger partial charge in [0, 0.05) is 20.1 Å². The minimum atomic E-state index is -0.585. The lowest BCUT2D eigenvalue weighted by Gasteiger charge is -2.18. The summed E-state index contributed by atoms with van der Waals surface area (Å²) in [5.74, 6) is -0.380. The Hall–Kier alpha value is -1.44. The number of hydrogen-bond donors (Lipinski definition) is 1. The highest BCUT2D eigenvalue weighted by Gasteiger charge is 2.30. The van der Waals surface area contributed by atoms with Crippen LogP contribution in [0.15, 0.2) is 0 Å². The summed E-state index contributed by atoms with van der Waals surface area (Å²) in [4.78, 5) is 14.5. The van der Waals surface area contributed by atoms with Crippen LogP contribution in [0.4, 0.5) is 11.4 Å². The average Bonchev–Trinajstić information content (AvgIpc) is 2.32.